The third-order valence-electron chi connectivity index (χ3n) is 3.22. The van der Waals surface area contributed by atoms with Crippen LogP contribution in [0.1, 0.15) is 11.3 Å². The molecule has 0 saturated carbocycles. The molecule has 1 fully saturated rings. The van der Waals surface area contributed by atoms with Crippen molar-refractivity contribution in [1.82, 2.24) is 9.88 Å². The molecule has 2 aromatic rings. The van der Waals surface area contributed by atoms with Gasteiger partial charge in [0.2, 0.25) is 0 Å². The van der Waals surface area contributed by atoms with Crippen LogP contribution in [0.3, 0.4) is 0 Å². The van der Waals surface area contributed by atoms with E-state index in [1.807, 2.05) is 12.3 Å². The molecular weight excluding hydrogens is 277 g/mol. The van der Waals surface area contributed by atoms with Gasteiger partial charge in [-0.05, 0) is 24.6 Å². The van der Waals surface area contributed by atoms with Crippen LogP contribution in [0.2, 0.25) is 0 Å². The fourth-order valence-electron chi connectivity index (χ4n) is 2.18. The maximum absolute atomic E-state index is 12.9. The molecule has 0 spiro atoms. The summed E-state index contributed by atoms with van der Waals surface area (Å²) in [5.41, 5.74) is 1.85. The molecule has 1 aromatic carbocycles. The van der Waals surface area contributed by atoms with E-state index in [9.17, 15) is 9.18 Å². The second kappa shape index (κ2) is 5.20. The SMILES string of the molecule is Cc1csc(N2CCN(Cc3ccc(F)cc3)C2=O)n1. The fourth-order valence-corrected chi connectivity index (χ4v) is 3.00. The molecule has 0 radical (unpaired) electrons. The second-order valence-corrected chi connectivity index (χ2v) is 5.59. The predicted octanol–water partition coefficient (Wildman–Crippen LogP) is 3.03. The Kier molecular flexibility index (Phi) is 3.40. The standard InChI is InChI=1S/C14H14FN3OS/c1-10-9-20-13(16-10)18-7-6-17(14(18)19)8-11-2-4-12(15)5-3-11/h2-5,9H,6-8H2,1H3. The minimum absolute atomic E-state index is 0.0383. The van der Waals surface area contributed by atoms with E-state index in [0.717, 1.165) is 16.4 Å². The number of nitrogens with zero attached hydrogens (tertiary/aromatic N) is 3. The van der Waals surface area contributed by atoms with E-state index >= 15 is 0 Å². The highest BCUT2D eigenvalue weighted by atomic mass is 32.1. The van der Waals surface area contributed by atoms with Crippen molar-refractivity contribution in [2.45, 2.75) is 13.5 Å². The van der Waals surface area contributed by atoms with Crippen LogP contribution in [0.5, 0.6) is 0 Å². The average molecular weight is 291 g/mol. The molecule has 0 aliphatic carbocycles. The first kappa shape index (κ1) is 13.1. The first-order valence-electron chi connectivity index (χ1n) is 6.36. The Morgan fingerprint density at radius 3 is 2.70 bits per heavy atom. The van der Waals surface area contributed by atoms with Gasteiger partial charge in [0.15, 0.2) is 5.13 Å². The summed E-state index contributed by atoms with van der Waals surface area (Å²) in [5, 5.41) is 2.68. The first-order valence-corrected chi connectivity index (χ1v) is 7.24. The highest BCUT2D eigenvalue weighted by Crippen LogP contribution is 2.25. The Labute approximate surface area is 120 Å². The number of aromatic nitrogens is 1. The lowest BCUT2D eigenvalue weighted by Crippen LogP contribution is -2.31. The molecule has 0 N–H and O–H groups in total. The summed E-state index contributed by atoms with van der Waals surface area (Å²) >= 11 is 1.48. The van der Waals surface area contributed by atoms with Gasteiger partial charge in [0.1, 0.15) is 5.82 Å². The van der Waals surface area contributed by atoms with Gasteiger partial charge in [-0.1, -0.05) is 12.1 Å². The van der Waals surface area contributed by atoms with Gasteiger partial charge >= 0.3 is 6.03 Å². The van der Waals surface area contributed by atoms with Crippen molar-refractivity contribution in [1.29, 1.82) is 0 Å². The zero-order valence-corrected chi connectivity index (χ0v) is 11.9. The third kappa shape index (κ3) is 2.51. The molecular formula is C14H14FN3OS. The maximum atomic E-state index is 12.9. The van der Waals surface area contributed by atoms with Gasteiger partial charge < -0.3 is 4.90 Å². The van der Waals surface area contributed by atoms with Crippen molar-refractivity contribution in [2.75, 3.05) is 18.0 Å². The number of anilines is 1. The molecule has 0 unspecified atom stereocenters. The average Bonchev–Trinajstić information content (AvgIpc) is 3.00. The minimum atomic E-state index is -0.263. The number of rotatable bonds is 3. The highest BCUT2D eigenvalue weighted by molar-refractivity contribution is 7.14. The monoisotopic (exact) mass is 291 g/mol. The summed E-state index contributed by atoms with van der Waals surface area (Å²) in [7, 11) is 0. The lowest BCUT2D eigenvalue weighted by Gasteiger charge is -2.16. The van der Waals surface area contributed by atoms with Crippen LogP contribution in [-0.4, -0.2) is 29.0 Å². The number of halogens is 1. The quantitative estimate of drug-likeness (QED) is 0.871. The molecule has 4 nitrogen and oxygen atoms in total. The number of hydrogen-bond donors (Lipinski definition) is 0. The topological polar surface area (TPSA) is 36.4 Å². The highest BCUT2D eigenvalue weighted by Gasteiger charge is 2.31. The molecule has 1 aromatic heterocycles. The van der Waals surface area contributed by atoms with Crippen LogP contribution in [0.25, 0.3) is 0 Å². The Hall–Kier alpha value is -1.95. The van der Waals surface area contributed by atoms with Gasteiger partial charge in [0, 0.05) is 25.0 Å². The Morgan fingerprint density at radius 1 is 1.30 bits per heavy atom. The third-order valence-corrected chi connectivity index (χ3v) is 4.20. The van der Waals surface area contributed by atoms with Crippen molar-refractivity contribution in [3.8, 4) is 0 Å². The summed E-state index contributed by atoms with van der Waals surface area (Å²) < 4.78 is 12.9. The number of hydrogen-bond acceptors (Lipinski definition) is 3. The number of amides is 2. The first-order chi connectivity index (χ1) is 9.63. The maximum Gasteiger partial charge on any atom is 0.326 e. The van der Waals surface area contributed by atoms with E-state index < -0.39 is 0 Å². The van der Waals surface area contributed by atoms with E-state index in [1.54, 1.807) is 21.9 Å². The summed E-state index contributed by atoms with van der Waals surface area (Å²) in [6.07, 6.45) is 0. The van der Waals surface area contributed by atoms with Crippen molar-refractivity contribution in [2.24, 2.45) is 0 Å². The lowest BCUT2D eigenvalue weighted by molar-refractivity contribution is 0.219. The van der Waals surface area contributed by atoms with Crippen LogP contribution in [0, 0.1) is 12.7 Å². The number of urea groups is 1. The van der Waals surface area contributed by atoms with E-state index in [0.29, 0.717) is 19.6 Å². The number of benzene rings is 1. The minimum Gasteiger partial charge on any atom is -0.318 e. The molecule has 104 valence electrons. The summed E-state index contributed by atoms with van der Waals surface area (Å²) in [5.74, 6) is -0.263. The molecule has 0 atom stereocenters. The number of thiazole rings is 1. The van der Waals surface area contributed by atoms with Crippen LogP contribution in [0.15, 0.2) is 29.6 Å². The smallest absolute Gasteiger partial charge is 0.318 e. The molecule has 2 amide bonds. The zero-order valence-electron chi connectivity index (χ0n) is 11.0. The molecule has 2 heterocycles. The second-order valence-electron chi connectivity index (χ2n) is 4.75. The van der Waals surface area contributed by atoms with Crippen LogP contribution in [-0.2, 0) is 6.54 Å². The number of carbonyl (C=O) groups is 1. The van der Waals surface area contributed by atoms with Crippen molar-refractivity contribution in [3.63, 3.8) is 0 Å². The fraction of sp³-hybridized carbons (Fsp3) is 0.286. The molecule has 3 rings (SSSR count). The van der Waals surface area contributed by atoms with E-state index in [1.165, 1.54) is 23.5 Å². The number of aryl methyl sites for hydroxylation is 1. The number of carbonyl (C=O) groups excluding carboxylic acids is 1. The van der Waals surface area contributed by atoms with Crippen molar-refractivity contribution >= 4 is 22.5 Å². The van der Waals surface area contributed by atoms with Gasteiger partial charge in [-0.25, -0.2) is 14.2 Å². The Morgan fingerprint density at radius 2 is 2.05 bits per heavy atom. The Bertz CT molecular complexity index is 626. The van der Waals surface area contributed by atoms with Crippen LogP contribution < -0.4 is 4.90 Å². The van der Waals surface area contributed by atoms with Crippen LogP contribution in [0.4, 0.5) is 14.3 Å². The zero-order chi connectivity index (χ0) is 14.1. The van der Waals surface area contributed by atoms with E-state index in [2.05, 4.69) is 4.98 Å². The lowest BCUT2D eigenvalue weighted by atomic mass is 10.2. The Balaban J connectivity index is 1.71. The molecule has 20 heavy (non-hydrogen) atoms. The van der Waals surface area contributed by atoms with Crippen molar-refractivity contribution in [3.05, 3.63) is 46.7 Å². The molecule has 1 aliphatic rings. The summed E-state index contributed by atoms with van der Waals surface area (Å²) in [4.78, 5) is 20.1. The van der Waals surface area contributed by atoms with Crippen LogP contribution >= 0.6 is 11.3 Å². The molecule has 1 aliphatic heterocycles. The normalized spacial score (nSPS) is 15.2. The predicted molar refractivity (Wildman–Crippen MR) is 76.4 cm³/mol. The molecule has 1 saturated heterocycles. The summed E-state index contributed by atoms with van der Waals surface area (Å²) in [6, 6.07) is 6.21. The molecule has 0 bridgehead atoms. The van der Waals surface area contributed by atoms with Gasteiger partial charge in [0.25, 0.3) is 0 Å². The van der Waals surface area contributed by atoms with Crippen molar-refractivity contribution < 1.29 is 9.18 Å². The molecule has 6 heteroatoms. The van der Waals surface area contributed by atoms with Gasteiger partial charge in [0.05, 0.1) is 5.69 Å². The largest absolute Gasteiger partial charge is 0.326 e. The van der Waals surface area contributed by atoms with Gasteiger partial charge in [-0.3, -0.25) is 4.90 Å². The van der Waals surface area contributed by atoms with Gasteiger partial charge in [-0.2, -0.15) is 0 Å². The summed E-state index contributed by atoms with van der Waals surface area (Å²) in [6.45, 7) is 3.72. The van der Waals surface area contributed by atoms with Gasteiger partial charge in [-0.15, -0.1) is 11.3 Å². The van der Waals surface area contributed by atoms with E-state index in [4.69, 9.17) is 0 Å². The van der Waals surface area contributed by atoms with E-state index in [-0.39, 0.29) is 11.8 Å².